The standard InChI is InChI=1S/C19H28N4S/c1-13-14(2)24-19-17(13)18(20-15(3)21-19)23-11-9-22(10-12-23)16-7-5-4-6-8-16/h16H,4-12H2,1-3H3. The van der Waals surface area contributed by atoms with Crippen LogP contribution in [-0.2, 0) is 0 Å². The van der Waals surface area contributed by atoms with E-state index in [-0.39, 0.29) is 0 Å². The van der Waals surface area contributed by atoms with E-state index in [4.69, 9.17) is 4.98 Å². The number of thiophene rings is 1. The van der Waals surface area contributed by atoms with Crippen LogP contribution in [0.25, 0.3) is 10.2 Å². The van der Waals surface area contributed by atoms with Gasteiger partial charge in [-0.3, -0.25) is 4.90 Å². The predicted molar refractivity (Wildman–Crippen MR) is 102 cm³/mol. The molecule has 5 heteroatoms. The van der Waals surface area contributed by atoms with Crippen molar-refractivity contribution < 1.29 is 0 Å². The van der Waals surface area contributed by atoms with Gasteiger partial charge in [0.1, 0.15) is 16.5 Å². The molecule has 0 N–H and O–H groups in total. The molecule has 0 radical (unpaired) electrons. The topological polar surface area (TPSA) is 32.3 Å². The van der Waals surface area contributed by atoms with Crippen LogP contribution < -0.4 is 4.90 Å². The van der Waals surface area contributed by atoms with Gasteiger partial charge in [0.05, 0.1) is 5.39 Å². The van der Waals surface area contributed by atoms with Crippen molar-refractivity contribution in [3.05, 3.63) is 16.3 Å². The molecule has 1 aliphatic heterocycles. The summed E-state index contributed by atoms with van der Waals surface area (Å²) in [5.74, 6) is 2.07. The Morgan fingerprint density at radius 3 is 2.33 bits per heavy atom. The minimum atomic E-state index is 0.832. The van der Waals surface area contributed by atoms with Crippen molar-refractivity contribution in [1.29, 1.82) is 0 Å². The highest BCUT2D eigenvalue weighted by molar-refractivity contribution is 7.18. The number of fused-ring (bicyclic) bond motifs is 1. The maximum Gasteiger partial charge on any atom is 0.141 e. The summed E-state index contributed by atoms with van der Waals surface area (Å²) >= 11 is 1.81. The first-order valence-electron chi connectivity index (χ1n) is 9.37. The molecule has 1 aliphatic carbocycles. The van der Waals surface area contributed by atoms with Gasteiger partial charge in [-0.05, 0) is 39.2 Å². The van der Waals surface area contributed by atoms with E-state index in [1.165, 1.54) is 66.8 Å². The monoisotopic (exact) mass is 344 g/mol. The summed E-state index contributed by atoms with van der Waals surface area (Å²) in [4.78, 5) is 17.3. The Morgan fingerprint density at radius 2 is 1.62 bits per heavy atom. The first-order valence-corrected chi connectivity index (χ1v) is 10.2. The van der Waals surface area contributed by atoms with Gasteiger partial charge in [-0.1, -0.05) is 19.3 Å². The average Bonchev–Trinajstić information content (AvgIpc) is 2.89. The second-order valence-electron chi connectivity index (χ2n) is 7.37. The molecule has 0 aromatic carbocycles. The molecule has 0 unspecified atom stereocenters. The predicted octanol–water partition coefficient (Wildman–Crippen LogP) is 4.07. The summed E-state index contributed by atoms with van der Waals surface area (Å²) in [6, 6.07) is 0.832. The Balaban J connectivity index is 1.56. The molecule has 2 aromatic heterocycles. The van der Waals surface area contributed by atoms with Gasteiger partial charge < -0.3 is 4.90 Å². The summed E-state index contributed by atoms with van der Waals surface area (Å²) in [5, 5.41) is 1.29. The molecule has 1 saturated carbocycles. The number of anilines is 1. The van der Waals surface area contributed by atoms with Crippen molar-refractivity contribution >= 4 is 27.4 Å². The molecule has 0 spiro atoms. The van der Waals surface area contributed by atoms with E-state index in [9.17, 15) is 0 Å². The minimum Gasteiger partial charge on any atom is -0.353 e. The summed E-state index contributed by atoms with van der Waals surface area (Å²) in [7, 11) is 0. The lowest BCUT2D eigenvalue weighted by Gasteiger charge is -2.41. The van der Waals surface area contributed by atoms with E-state index in [1.807, 2.05) is 6.92 Å². The van der Waals surface area contributed by atoms with Crippen LogP contribution in [0.1, 0.15) is 48.4 Å². The number of hydrogen-bond acceptors (Lipinski definition) is 5. The van der Waals surface area contributed by atoms with Crippen LogP contribution in [0.5, 0.6) is 0 Å². The largest absolute Gasteiger partial charge is 0.353 e. The van der Waals surface area contributed by atoms with Gasteiger partial charge in [0.15, 0.2) is 0 Å². The van der Waals surface area contributed by atoms with E-state index in [0.717, 1.165) is 29.8 Å². The zero-order valence-electron chi connectivity index (χ0n) is 15.1. The fraction of sp³-hybridized carbons (Fsp3) is 0.684. The zero-order valence-corrected chi connectivity index (χ0v) is 16.0. The zero-order chi connectivity index (χ0) is 16.7. The number of aromatic nitrogens is 2. The Morgan fingerprint density at radius 1 is 0.917 bits per heavy atom. The molecule has 130 valence electrons. The minimum absolute atomic E-state index is 0.832. The third kappa shape index (κ3) is 2.93. The Labute approximate surface area is 148 Å². The number of hydrogen-bond donors (Lipinski definition) is 0. The molecule has 2 fully saturated rings. The van der Waals surface area contributed by atoms with Crippen molar-refractivity contribution in [2.75, 3.05) is 31.1 Å². The van der Waals surface area contributed by atoms with E-state index in [0.29, 0.717) is 0 Å². The van der Waals surface area contributed by atoms with Gasteiger partial charge in [-0.2, -0.15) is 0 Å². The SMILES string of the molecule is Cc1nc(N2CCN(C3CCCCC3)CC2)c2c(C)c(C)sc2n1. The van der Waals surface area contributed by atoms with Crippen molar-refractivity contribution in [2.45, 2.75) is 58.9 Å². The first kappa shape index (κ1) is 16.3. The maximum atomic E-state index is 4.84. The summed E-state index contributed by atoms with van der Waals surface area (Å²) < 4.78 is 0. The van der Waals surface area contributed by atoms with Gasteiger partial charge in [-0.15, -0.1) is 11.3 Å². The Hall–Kier alpha value is -1.20. The lowest BCUT2D eigenvalue weighted by atomic mass is 9.94. The van der Waals surface area contributed by atoms with Crippen LogP contribution in [0.3, 0.4) is 0 Å². The van der Waals surface area contributed by atoms with Crippen molar-refractivity contribution in [2.24, 2.45) is 0 Å². The molecule has 2 aliphatic rings. The van der Waals surface area contributed by atoms with Gasteiger partial charge in [-0.25, -0.2) is 9.97 Å². The molecule has 0 bridgehead atoms. The summed E-state index contributed by atoms with van der Waals surface area (Å²) in [6.07, 6.45) is 7.08. The van der Waals surface area contributed by atoms with E-state index >= 15 is 0 Å². The van der Waals surface area contributed by atoms with E-state index in [1.54, 1.807) is 11.3 Å². The second kappa shape index (κ2) is 6.60. The highest BCUT2D eigenvalue weighted by Gasteiger charge is 2.27. The Kier molecular flexibility index (Phi) is 4.48. The van der Waals surface area contributed by atoms with Crippen molar-refractivity contribution in [1.82, 2.24) is 14.9 Å². The highest BCUT2D eigenvalue weighted by Crippen LogP contribution is 2.35. The van der Waals surface area contributed by atoms with Crippen LogP contribution in [0.4, 0.5) is 5.82 Å². The normalized spacial score (nSPS) is 20.9. The molecule has 0 amide bonds. The van der Waals surface area contributed by atoms with Gasteiger partial charge >= 0.3 is 0 Å². The van der Waals surface area contributed by atoms with Gasteiger partial charge in [0, 0.05) is 37.1 Å². The molecule has 4 rings (SSSR count). The first-order chi connectivity index (χ1) is 11.6. The smallest absolute Gasteiger partial charge is 0.141 e. The van der Waals surface area contributed by atoms with Crippen LogP contribution in [-0.4, -0.2) is 47.1 Å². The average molecular weight is 345 g/mol. The maximum absolute atomic E-state index is 4.84. The molecule has 4 nitrogen and oxygen atoms in total. The number of piperazine rings is 1. The highest BCUT2D eigenvalue weighted by atomic mass is 32.1. The van der Waals surface area contributed by atoms with Crippen molar-refractivity contribution in [3.8, 4) is 0 Å². The molecule has 2 aromatic rings. The quantitative estimate of drug-likeness (QED) is 0.822. The summed E-state index contributed by atoms with van der Waals surface area (Å²) in [6.45, 7) is 11.0. The van der Waals surface area contributed by atoms with Crippen molar-refractivity contribution in [3.63, 3.8) is 0 Å². The molecule has 3 heterocycles. The number of aryl methyl sites for hydroxylation is 3. The molecule has 0 atom stereocenters. The molecular weight excluding hydrogens is 316 g/mol. The third-order valence-electron chi connectivity index (χ3n) is 5.83. The molecule has 24 heavy (non-hydrogen) atoms. The lowest BCUT2D eigenvalue weighted by Crippen LogP contribution is -2.51. The van der Waals surface area contributed by atoms with E-state index in [2.05, 4.69) is 28.6 Å². The lowest BCUT2D eigenvalue weighted by molar-refractivity contribution is 0.148. The molecular formula is C19H28N4S. The fourth-order valence-corrected chi connectivity index (χ4v) is 5.38. The fourth-order valence-electron chi connectivity index (χ4n) is 4.31. The van der Waals surface area contributed by atoms with Crippen LogP contribution in [0, 0.1) is 20.8 Å². The van der Waals surface area contributed by atoms with Gasteiger partial charge in [0.2, 0.25) is 0 Å². The van der Waals surface area contributed by atoms with Gasteiger partial charge in [0.25, 0.3) is 0 Å². The van der Waals surface area contributed by atoms with Crippen LogP contribution in [0.15, 0.2) is 0 Å². The third-order valence-corrected chi connectivity index (χ3v) is 6.93. The molecule has 1 saturated heterocycles. The second-order valence-corrected chi connectivity index (χ2v) is 8.58. The number of rotatable bonds is 2. The van der Waals surface area contributed by atoms with E-state index < -0.39 is 0 Å². The van der Waals surface area contributed by atoms with Crippen LogP contribution in [0.2, 0.25) is 0 Å². The Bertz CT molecular complexity index is 725. The number of nitrogens with zero attached hydrogens (tertiary/aromatic N) is 4. The van der Waals surface area contributed by atoms with Crippen LogP contribution >= 0.6 is 11.3 Å². The summed E-state index contributed by atoms with van der Waals surface area (Å²) in [5.41, 5.74) is 1.36.